The molecule has 1 aromatic carbocycles. The fourth-order valence-corrected chi connectivity index (χ4v) is 4.64. The zero-order valence-electron chi connectivity index (χ0n) is 25.8. The van der Waals surface area contributed by atoms with Gasteiger partial charge in [-0.05, 0) is 43.4 Å². The lowest BCUT2D eigenvalue weighted by Gasteiger charge is -2.30. The van der Waals surface area contributed by atoms with Gasteiger partial charge in [-0.25, -0.2) is 0 Å². The number of rotatable bonds is 16. The van der Waals surface area contributed by atoms with Crippen molar-refractivity contribution in [2.24, 2.45) is 11.7 Å². The van der Waals surface area contributed by atoms with Crippen molar-refractivity contribution in [3.8, 4) is 5.75 Å². The first kappa shape index (κ1) is 37.4. The van der Waals surface area contributed by atoms with E-state index in [0.717, 1.165) is 6.92 Å². The number of carboxylic acids is 2. The predicted molar refractivity (Wildman–Crippen MR) is 160 cm³/mol. The molecule has 0 saturated carbocycles. The molecule has 1 aromatic rings. The monoisotopic (exact) mass is 650 g/mol. The van der Waals surface area contributed by atoms with Gasteiger partial charge in [-0.15, -0.1) is 0 Å². The molecule has 6 atom stereocenters. The van der Waals surface area contributed by atoms with Crippen LogP contribution in [0.15, 0.2) is 24.3 Å². The van der Waals surface area contributed by atoms with E-state index in [1.165, 1.54) is 17.0 Å². The number of carbonyl (C=O) groups excluding carboxylic acids is 5. The van der Waals surface area contributed by atoms with Crippen molar-refractivity contribution in [2.45, 2.75) is 82.7 Å². The molecule has 1 fully saturated rings. The summed E-state index contributed by atoms with van der Waals surface area (Å²) >= 11 is 0. The van der Waals surface area contributed by atoms with E-state index in [4.69, 9.17) is 10.8 Å². The number of amides is 5. The minimum atomic E-state index is -1.74. The molecule has 0 radical (unpaired) electrons. The molecule has 17 heteroatoms. The van der Waals surface area contributed by atoms with Gasteiger partial charge in [0.25, 0.3) is 0 Å². The molecule has 0 unspecified atom stereocenters. The molecule has 5 amide bonds. The summed E-state index contributed by atoms with van der Waals surface area (Å²) in [7, 11) is 0. The highest BCUT2D eigenvalue weighted by atomic mass is 16.4. The Morgan fingerprint density at radius 1 is 0.870 bits per heavy atom. The number of hydrogen-bond acceptors (Lipinski definition) is 10. The lowest BCUT2D eigenvalue weighted by atomic mass is 10.0. The van der Waals surface area contributed by atoms with Crippen molar-refractivity contribution in [1.82, 2.24) is 26.2 Å². The van der Waals surface area contributed by atoms with Gasteiger partial charge in [0.1, 0.15) is 36.0 Å². The second kappa shape index (κ2) is 17.1. The molecule has 2 rings (SSSR count). The molecule has 0 bridgehead atoms. The van der Waals surface area contributed by atoms with Crippen molar-refractivity contribution in [2.75, 3.05) is 13.2 Å². The third kappa shape index (κ3) is 10.7. The van der Waals surface area contributed by atoms with E-state index in [9.17, 15) is 48.9 Å². The number of aromatic hydroxyl groups is 1. The number of phenolic OH excluding ortho intramolecular Hbond substituents is 1. The summed E-state index contributed by atoms with van der Waals surface area (Å²) in [6, 6.07) is -2.04. The van der Waals surface area contributed by atoms with Gasteiger partial charge in [0.15, 0.2) is 0 Å². The Labute approximate surface area is 264 Å². The molecule has 17 nitrogen and oxygen atoms in total. The maximum absolute atomic E-state index is 13.8. The van der Waals surface area contributed by atoms with Gasteiger partial charge < -0.3 is 52.3 Å². The maximum Gasteiger partial charge on any atom is 0.325 e. The fraction of sp³-hybridized carbons (Fsp3) is 0.552. The predicted octanol–water partition coefficient (Wildman–Crippen LogP) is -2.58. The van der Waals surface area contributed by atoms with E-state index in [0.29, 0.717) is 12.0 Å². The Hall–Kier alpha value is -4.77. The van der Waals surface area contributed by atoms with Crippen LogP contribution in [0.5, 0.6) is 5.75 Å². The van der Waals surface area contributed by atoms with Crippen molar-refractivity contribution in [3.63, 3.8) is 0 Å². The van der Waals surface area contributed by atoms with Crippen LogP contribution in [0.25, 0.3) is 0 Å². The number of phenols is 1. The summed E-state index contributed by atoms with van der Waals surface area (Å²) in [4.78, 5) is 89.1. The Morgan fingerprint density at radius 2 is 1.46 bits per heavy atom. The van der Waals surface area contributed by atoms with Crippen LogP contribution in [0.1, 0.15) is 45.6 Å². The van der Waals surface area contributed by atoms with E-state index in [2.05, 4.69) is 21.3 Å². The third-order valence-corrected chi connectivity index (χ3v) is 7.41. The zero-order valence-corrected chi connectivity index (χ0v) is 25.8. The molecule has 254 valence electrons. The van der Waals surface area contributed by atoms with Crippen LogP contribution in [0, 0.1) is 5.92 Å². The van der Waals surface area contributed by atoms with Crippen LogP contribution in [-0.4, -0.2) is 116 Å². The topological polar surface area (TPSA) is 278 Å². The Bertz CT molecular complexity index is 1290. The lowest BCUT2D eigenvalue weighted by Crippen LogP contribution is -2.60. The van der Waals surface area contributed by atoms with Crippen LogP contribution in [0.2, 0.25) is 0 Å². The van der Waals surface area contributed by atoms with Gasteiger partial charge in [-0.1, -0.05) is 26.0 Å². The van der Waals surface area contributed by atoms with Crippen LogP contribution < -0.4 is 27.0 Å². The summed E-state index contributed by atoms with van der Waals surface area (Å²) < 4.78 is 0. The molecular weight excluding hydrogens is 608 g/mol. The number of nitrogens with two attached hydrogens (primary N) is 1. The first-order valence-electron chi connectivity index (χ1n) is 14.7. The minimum absolute atomic E-state index is 0.00431. The second-order valence-electron chi connectivity index (χ2n) is 11.4. The van der Waals surface area contributed by atoms with Crippen LogP contribution in [0.4, 0.5) is 0 Å². The quantitative estimate of drug-likeness (QED) is 0.0892. The molecular formula is C29H42N6O11. The number of benzene rings is 1. The Morgan fingerprint density at radius 3 is 2.00 bits per heavy atom. The standard InChI is InChI=1S/C29H42N6O11/c1-14(2)23(30)27(43)33-19(11-16-6-8-17(37)9-7-16)28(44)35-10-4-5-21(35)26(42)32-18(12-22(38)39)24(40)34-20(13-36)25(41)31-15(3)29(45)46/h6-9,14-15,18-21,23,36-37H,4-5,10-13,30H2,1-3H3,(H,31,41)(H,32,42)(H,33,43)(H,34,40)(H,38,39)(H,45,46)/t15-,18-,19-,20-,21-,23-/m0/s1. The molecule has 1 aliphatic heterocycles. The summed E-state index contributed by atoms with van der Waals surface area (Å²) in [6.45, 7) is 3.77. The molecule has 46 heavy (non-hydrogen) atoms. The van der Waals surface area contributed by atoms with Crippen molar-refractivity contribution >= 4 is 41.5 Å². The number of nitrogens with zero attached hydrogens (tertiary/aromatic N) is 1. The van der Waals surface area contributed by atoms with Crippen LogP contribution in [-0.2, 0) is 40.0 Å². The van der Waals surface area contributed by atoms with E-state index < -0.39 is 90.8 Å². The van der Waals surface area contributed by atoms with Gasteiger partial charge in [-0.2, -0.15) is 0 Å². The second-order valence-corrected chi connectivity index (χ2v) is 11.4. The average Bonchev–Trinajstić information content (AvgIpc) is 3.49. The van der Waals surface area contributed by atoms with Gasteiger partial charge in [0.05, 0.1) is 19.1 Å². The van der Waals surface area contributed by atoms with E-state index >= 15 is 0 Å². The molecule has 0 aromatic heterocycles. The van der Waals surface area contributed by atoms with Crippen molar-refractivity contribution in [1.29, 1.82) is 0 Å². The zero-order chi connectivity index (χ0) is 34.7. The van der Waals surface area contributed by atoms with Crippen molar-refractivity contribution < 1.29 is 54.0 Å². The number of likely N-dealkylation sites (tertiary alicyclic amines) is 1. The lowest BCUT2D eigenvalue weighted by molar-refractivity contribution is -0.144. The number of hydrogen-bond donors (Lipinski definition) is 9. The highest BCUT2D eigenvalue weighted by molar-refractivity contribution is 5.97. The van der Waals surface area contributed by atoms with Crippen molar-refractivity contribution in [3.05, 3.63) is 29.8 Å². The largest absolute Gasteiger partial charge is 0.508 e. The number of carbonyl (C=O) groups is 7. The number of aliphatic hydroxyl groups excluding tert-OH is 1. The average molecular weight is 651 g/mol. The molecule has 1 aliphatic rings. The molecule has 10 N–H and O–H groups in total. The Kier molecular flexibility index (Phi) is 13.9. The van der Waals surface area contributed by atoms with Gasteiger partial charge in [-0.3, -0.25) is 33.6 Å². The highest BCUT2D eigenvalue weighted by Gasteiger charge is 2.40. The van der Waals surface area contributed by atoms with E-state index in [-0.39, 0.29) is 31.1 Å². The molecule has 1 heterocycles. The summed E-state index contributed by atoms with van der Waals surface area (Å²) in [5.74, 6) is -7.41. The minimum Gasteiger partial charge on any atom is -0.508 e. The SMILES string of the molecule is CC(C)[C@H](N)C(=O)N[C@@H](Cc1ccc(O)cc1)C(=O)N1CCC[C@H]1C(=O)N[C@@H](CC(=O)O)C(=O)N[C@@H](CO)C(=O)N[C@@H](C)C(=O)O. The number of nitrogens with one attached hydrogen (secondary N) is 4. The third-order valence-electron chi connectivity index (χ3n) is 7.41. The maximum atomic E-state index is 13.8. The van der Waals surface area contributed by atoms with Gasteiger partial charge >= 0.3 is 11.9 Å². The fourth-order valence-electron chi connectivity index (χ4n) is 4.64. The molecule has 0 spiro atoms. The van der Waals surface area contributed by atoms with E-state index in [1.807, 2.05) is 0 Å². The Balaban J connectivity index is 2.25. The molecule has 1 saturated heterocycles. The van der Waals surface area contributed by atoms with E-state index in [1.54, 1.807) is 26.0 Å². The summed E-state index contributed by atoms with van der Waals surface area (Å²) in [5, 5.41) is 46.7. The van der Waals surface area contributed by atoms with Gasteiger partial charge in [0, 0.05) is 13.0 Å². The summed E-state index contributed by atoms with van der Waals surface area (Å²) in [6.07, 6.45) is -0.398. The van der Waals surface area contributed by atoms with Crippen LogP contribution in [0.3, 0.4) is 0 Å². The first-order chi connectivity index (χ1) is 21.5. The highest BCUT2D eigenvalue weighted by Crippen LogP contribution is 2.21. The molecule has 0 aliphatic carbocycles. The van der Waals surface area contributed by atoms with Gasteiger partial charge in [0.2, 0.25) is 29.5 Å². The number of carboxylic acid groups (broad SMARTS) is 2. The number of aliphatic carboxylic acids is 2. The summed E-state index contributed by atoms with van der Waals surface area (Å²) in [5.41, 5.74) is 6.58. The van der Waals surface area contributed by atoms with Crippen LogP contribution >= 0.6 is 0 Å². The number of aliphatic hydroxyl groups is 1. The smallest absolute Gasteiger partial charge is 0.325 e. The first-order valence-corrected chi connectivity index (χ1v) is 14.7. The normalized spacial score (nSPS) is 17.6.